The molecule has 35 heavy (non-hydrogen) atoms. The molecule has 2 N–H and O–H groups in total. The van der Waals surface area contributed by atoms with Crippen LogP contribution in [-0.4, -0.2) is 91.2 Å². The number of carboxylic acid groups (broad SMARTS) is 2. The zero-order valence-corrected chi connectivity index (χ0v) is 19.8. The van der Waals surface area contributed by atoms with Gasteiger partial charge in [0, 0.05) is 49.6 Å². The molecule has 3 rings (SSSR count). The molecular weight excluding hydrogens is 510 g/mol. The summed E-state index contributed by atoms with van der Waals surface area (Å²) in [6, 6.07) is 8.20. The first-order valence-electron chi connectivity index (χ1n) is 10.3. The summed E-state index contributed by atoms with van der Waals surface area (Å²) in [6.07, 6.45) is -8.89. The molecule has 2 aliphatic heterocycles. The maximum atomic E-state index is 10.6. The van der Waals surface area contributed by atoms with Crippen LogP contribution in [-0.2, 0) is 20.9 Å². The molecule has 2 fully saturated rings. The van der Waals surface area contributed by atoms with Crippen molar-refractivity contribution < 1.29 is 50.9 Å². The topological polar surface area (TPSA) is 90.3 Å². The molecular formula is C21H27ClF6N2O5. The van der Waals surface area contributed by atoms with Crippen LogP contribution in [0.25, 0.3) is 0 Å². The van der Waals surface area contributed by atoms with Gasteiger partial charge in [0.2, 0.25) is 0 Å². The van der Waals surface area contributed by atoms with Crippen molar-refractivity contribution in [1.82, 2.24) is 9.80 Å². The van der Waals surface area contributed by atoms with Gasteiger partial charge in [-0.3, -0.25) is 4.90 Å². The van der Waals surface area contributed by atoms with E-state index in [4.69, 9.17) is 36.1 Å². The lowest BCUT2D eigenvalue weighted by molar-refractivity contribution is -0.193. The van der Waals surface area contributed by atoms with Crippen LogP contribution in [0, 0.1) is 11.3 Å². The van der Waals surface area contributed by atoms with E-state index in [2.05, 4.69) is 29.0 Å². The fourth-order valence-corrected chi connectivity index (χ4v) is 4.38. The first kappa shape index (κ1) is 30.9. The molecule has 2 aliphatic rings. The highest BCUT2D eigenvalue weighted by Gasteiger charge is 2.49. The van der Waals surface area contributed by atoms with Gasteiger partial charge in [0.1, 0.15) is 0 Å². The van der Waals surface area contributed by atoms with Crippen molar-refractivity contribution in [3.8, 4) is 0 Å². The number of alkyl halides is 6. The zero-order valence-electron chi connectivity index (χ0n) is 19.0. The van der Waals surface area contributed by atoms with E-state index in [9.17, 15) is 26.3 Å². The average Bonchev–Trinajstić information content (AvgIpc) is 3.26. The van der Waals surface area contributed by atoms with Crippen molar-refractivity contribution in [2.24, 2.45) is 11.3 Å². The Labute approximate surface area is 203 Å². The second kappa shape index (κ2) is 12.7. The van der Waals surface area contributed by atoms with Gasteiger partial charge in [0.15, 0.2) is 0 Å². The van der Waals surface area contributed by atoms with E-state index < -0.39 is 24.3 Å². The second-order valence-electron chi connectivity index (χ2n) is 8.37. The van der Waals surface area contributed by atoms with Gasteiger partial charge >= 0.3 is 24.3 Å². The third kappa shape index (κ3) is 9.82. The average molecular weight is 537 g/mol. The van der Waals surface area contributed by atoms with Crippen LogP contribution < -0.4 is 0 Å². The second-order valence-corrected chi connectivity index (χ2v) is 8.78. The standard InChI is InChI=1S/C17H25ClN2O.2C2HF3O2/c1-19-10-15(11-21-2)17(12-19)7-8-20(13-17)9-14-5-3-4-6-16(14)18;2*3-2(4,5)1(6)7/h3-6,15H,7-13H2,1-2H3;2*(H,6,7)/t15-,17+;;/m0../s1. The fraction of sp³-hybridized carbons (Fsp3) is 0.619. The number of halogens is 7. The molecule has 7 nitrogen and oxygen atoms in total. The van der Waals surface area contributed by atoms with Crippen molar-refractivity contribution in [2.75, 3.05) is 46.9 Å². The van der Waals surface area contributed by atoms with Crippen LogP contribution in [0.15, 0.2) is 24.3 Å². The number of carboxylic acids is 2. The van der Waals surface area contributed by atoms with Crippen LogP contribution in [0.4, 0.5) is 26.3 Å². The number of hydrogen-bond donors (Lipinski definition) is 2. The van der Waals surface area contributed by atoms with E-state index >= 15 is 0 Å². The number of rotatable bonds is 4. The van der Waals surface area contributed by atoms with Crippen molar-refractivity contribution in [2.45, 2.75) is 25.3 Å². The van der Waals surface area contributed by atoms with E-state index in [0.717, 1.165) is 31.3 Å². The minimum Gasteiger partial charge on any atom is -0.475 e. The van der Waals surface area contributed by atoms with Gasteiger partial charge in [-0.1, -0.05) is 29.8 Å². The molecule has 0 aromatic heterocycles. The van der Waals surface area contributed by atoms with E-state index in [1.165, 1.54) is 25.1 Å². The van der Waals surface area contributed by atoms with Gasteiger partial charge in [-0.25, -0.2) is 9.59 Å². The molecule has 0 amide bonds. The molecule has 2 saturated heterocycles. The molecule has 1 aromatic carbocycles. The van der Waals surface area contributed by atoms with Crippen molar-refractivity contribution in [3.05, 3.63) is 34.9 Å². The van der Waals surface area contributed by atoms with Crippen molar-refractivity contribution >= 4 is 23.5 Å². The third-order valence-electron chi connectivity index (χ3n) is 5.65. The predicted molar refractivity (Wildman–Crippen MR) is 114 cm³/mol. The number of benzene rings is 1. The summed E-state index contributed by atoms with van der Waals surface area (Å²) in [5.41, 5.74) is 1.65. The van der Waals surface area contributed by atoms with E-state index in [1.807, 2.05) is 19.2 Å². The molecule has 200 valence electrons. The Bertz CT molecular complexity index is 830. The number of aliphatic carboxylic acids is 2. The normalized spacial score (nSPS) is 22.8. The number of nitrogens with zero attached hydrogens (tertiary/aromatic N) is 2. The summed E-state index contributed by atoms with van der Waals surface area (Å²) in [5.74, 6) is -4.86. The summed E-state index contributed by atoms with van der Waals surface area (Å²) < 4.78 is 68.9. The molecule has 1 spiro atoms. The maximum Gasteiger partial charge on any atom is 0.490 e. The molecule has 2 heterocycles. The van der Waals surface area contributed by atoms with Gasteiger partial charge in [-0.05, 0) is 31.6 Å². The summed E-state index contributed by atoms with van der Waals surface area (Å²) in [4.78, 5) is 22.8. The number of hydrogen-bond acceptors (Lipinski definition) is 5. The van der Waals surface area contributed by atoms with Crippen LogP contribution in [0.5, 0.6) is 0 Å². The molecule has 0 unspecified atom stereocenters. The number of methoxy groups -OCH3 is 1. The molecule has 0 bridgehead atoms. The summed E-state index contributed by atoms with van der Waals surface area (Å²) >= 11 is 6.30. The largest absolute Gasteiger partial charge is 0.490 e. The van der Waals surface area contributed by atoms with Crippen LogP contribution in [0.1, 0.15) is 12.0 Å². The third-order valence-corrected chi connectivity index (χ3v) is 6.02. The number of ether oxygens (including phenoxy) is 1. The molecule has 14 heteroatoms. The first-order chi connectivity index (χ1) is 16.0. The minimum absolute atomic E-state index is 0.409. The molecule has 1 aromatic rings. The van der Waals surface area contributed by atoms with Gasteiger partial charge < -0.3 is 19.8 Å². The molecule has 0 aliphatic carbocycles. The summed E-state index contributed by atoms with van der Waals surface area (Å²) in [7, 11) is 4.05. The van der Waals surface area contributed by atoms with Crippen molar-refractivity contribution in [3.63, 3.8) is 0 Å². The highest BCUT2D eigenvalue weighted by molar-refractivity contribution is 6.31. The summed E-state index contributed by atoms with van der Waals surface area (Å²) in [5, 5.41) is 15.1. The van der Waals surface area contributed by atoms with E-state index in [1.54, 1.807) is 0 Å². The van der Waals surface area contributed by atoms with Crippen molar-refractivity contribution in [1.29, 1.82) is 0 Å². The van der Waals surface area contributed by atoms with Gasteiger partial charge in [0.05, 0.1) is 6.61 Å². The monoisotopic (exact) mass is 536 g/mol. The predicted octanol–water partition coefficient (Wildman–Crippen LogP) is 4.01. The smallest absolute Gasteiger partial charge is 0.475 e. The lowest BCUT2D eigenvalue weighted by atomic mass is 9.77. The zero-order chi connectivity index (χ0) is 27.0. The lowest BCUT2D eigenvalue weighted by Gasteiger charge is -2.30. The highest BCUT2D eigenvalue weighted by atomic mass is 35.5. The van der Waals surface area contributed by atoms with Gasteiger partial charge in [-0.15, -0.1) is 0 Å². The SMILES string of the molecule is COC[C@@H]1CN(C)C[C@@]12CCN(Cc1ccccc1Cl)C2.O=C(O)C(F)(F)F.O=C(O)C(F)(F)F. The van der Waals surface area contributed by atoms with Crippen LogP contribution >= 0.6 is 11.6 Å². The first-order valence-corrected chi connectivity index (χ1v) is 10.6. The number of likely N-dealkylation sites (tertiary alicyclic amines) is 2. The van der Waals surface area contributed by atoms with E-state index in [0.29, 0.717) is 11.3 Å². The Balaban J connectivity index is 0.000000362. The molecule has 0 radical (unpaired) electrons. The van der Waals surface area contributed by atoms with Gasteiger partial charge in [-0.2, -0.15) is 26.3 Å². The Hall–Kier alpha value is -2.09. The van der Waals surface area contributed by atoms with Gasteiger partial charge in [0.25, 0.3) is 0 Å². The Morgan fingerprint density at radius 2 is 1.60 bits per heavy atom. The Morgan fingerprint density at radius 3 is 2.06 bits per heavy atom. The molecule has 2 atom stereocenters. The fourth-order valence-electron chi connectivity index (χ4n) is 4.18. The lowest BCUT2D eigenvalue weighted by Crippen LogP contribution is -2.36. The highest BCUT2D eigenvalue weighted by Crippen LogP contribution is 2.44. The maximum absolute atomic E-state index is 10.6. The minimum atomic E-state index is -5.08. The molecule has 0 saturated carbocycles. The van der Waals surface area contributed by atoms with Crippen LogP contribution in [0.3, 0.4) is 0 Å². The summed E-state index contributed by atoms with van der Waals surface area (Å²) in [6.45, 7) is 6.53. The van der Waals surface area contributed by atoms with Crippen LogP contribution in [0.2, 0.25) is 5.02 Å². The van der Waals surface area contributed by atoms with E-state index in [-0.39, 0.29) is 0 Å². The Kier molecular flexibility index (Phi) is 11.3. The Morgan fingerprint density at radius 1 is 1.09 bits per heavy atom. The number of carbonyl (C=O) groups is 2. The quantitative estimate of drug-likeness (QED) is 0.562.